The fraction of sp³-hybridized carbons (Fsp3) is 0.625. The number of hydrogen-bond acceptors (Lipinski definition) is 1. The molecule has 0 bridgehead atoms. The molecular weight excluding hydrogens is 220 g/mol. The number of allylic oxidation sites excluding steroid dienone is 2. The van der Waals surface area contributed by atoms with E-state index in [1.165, 1.54) is 31.5 Å². The van der Waals surface area contributed by atoms with Crippen LogP contribution in [0.1, 0.15) is 40.0 Å². The van der Waals surface area contributed by atoms with E-state index in [-0.39, 0.29) is 0 Å². The molecule has 18 heavy (non-hydrogen) atoms. The highest BCUT2D eigenvalue weighted by molar-refractivity contribution is 5.27. The Morgan fingerprint density at radius 2 is 1.89 bits per heavy atom. The van der Waals surface area contributed by atoms with Crippen LogP contribution in [0.2, 0.25) is 0 Å². The molecule has 1 saturated heterocycles. The van der Waals surface area contributed by atoms with Crippen LogP contribution in [0.5, 0.6) is 0 Å². The molecule has 1 rings (SSSR count). The van der Waals surface area contributed by atoms with Gasteiger partial charge in [0.1, 0.15) is 6.04 Å². The summed E-state index contributed by atoms with van der Waals surface area (Å²) < 4.78 is 1.13. The van der Waals surface area contributed by atoms with Gasteiger partial charge in [-0.2, -0.15) is 0 Å². The van der Waals surface area contributed by atoms with Crippen LogP contribution >= 0.6 is 0 Å². The van der Waals surface area contributed by atoms with Gasteiger partial charge >= 0.3 is 0 Å². The zero-order chi connectivity index (χ0) is 13.8. The second-order valence-electron chi connectivity index (χ2n) is 5.66. The molecule has 1 N–H and O–H groups in total. The zero-order valence-corrected chi connectivity index (χ0v) is 12.6. The molecule has 0 saturated carbocycles. The third-order valence-corrected chi connectivity index (χ3v) is 4.35. The maximum absolute atomic E-state index is 4.26. The first kappa shape index (κ1) is 15.0. The lowest BCUT2D eigenvalue weighted by Gasteiger charge is -2.39. The van der Waals surface area contributed by atoms with E-state index in [1.54, 1.807) is 0 Å². The van der Waals surface area contributed by atoms with Crippen molar-refractivity contribution in [2.24, 2.45) is 0 Å². The van der Waals surface area contributed by atoms with E-state index >= 15 is 0 Å². The standard InChI is InChI=1S/C16H29N2/c1-7-13(3)14(4)17-15(5)16(8-2)18(6)11-9-10-12-18/h7,16-17H,4-5,8-12H2,1-3,6H3/q+1/b13-7-. The highest BCUT2D eigenvalue weighted by Crippen LogP contribution is 2.26. The van der Waals surface area contributed by atoms with Gasteiger partial charge in [-0.1, -0.05) is 26.2 Å². The summed E-state index contributed by atoms with van der Waals surface area (Å²) in [6.45, 7) is 17.3. The minimum absolute atomic E-state index is 0.494. The monoisotopic (exact) mass is 249 g/mol. The van der Waals surface area contributed by atoms with E-state index in [1.807, 2.05) is 6.92 Å². The molecule has 1 aliphatic rings. The van der Waals surface area contributed by atoms with Crippen molar-refractivity contribution in [1.82, 2.24) is 5.32 Å². The third-order valence-electron chi connectivity index (χ3n) is 4.35. The Morgan fingerprint density at radius 1 is 1.33 bits per heavy atom. The number of likely N-dealkylation sites (N-methyl/N-ethyl adjacent to an activating group) is 1. The van der Waals surface area contributed by atoms with E-state index in [4.69, 9.17) is 0 Å². The van der Waals surface area contributed by atoms with Crippen molar-refractivity contribution < 1.29 is 4.48 Å². The molecule has 0 radical (unpaired) electrons. The summed E-state index contributed by atoms with van der Waals surface area (Å²) in [5.41, 5.74) is 3.29. The summed E-state index contributed by atoms with van der Waals surface area (Å²) in [4.78, 5) is 0. The fourth-order valence-corrected chi connectivity index (χ4v) is 2.98. The first-order chi connectivity index (χ1) is 8.44. The summed E-state index contributed by atoms with van der Waals surface area (Å²) in [6.07, 6.45) is 5.89. The van der Waals surface area contributed by atoms with Gasteiger partial charge < -0.3 is 9.80 Å². The molecular formula is C16H29N2+. The highest BCUT2D eigenvalue weighted by Gasteiger charge is 2.36. The predicted octanol–water partition coefficient (Wildman–Crippen LogP) is 3.59. The quantitative estimate of drug-likeness (QED) is 0.560. The largest absolute Gasteiger partial charge is 0.355 e. The smallest absolute Gasteiger partial charge is 0.128 e. The molecule has 1 heterocycles. The molecule has 0 amide bonds. The predicted molar refractivity (Wildman–Crippen MR) is 80.1 cm³/mol. The first-order valence-corrected chi connectivity index (χ1v) is 7.07. The van der Waals surface area contributed by atoms with Crippen LogP contribution in [0.15, 0.2) is 36.2 Å². The normalized spacial score (nSPS) is 20.6. The number of nitrogens with zero attached hydrogens (tertiary/aromatic N) is 1. The SMILES string of the molecule is C=C(NC(=C)C(CC)[N+]1(C)CCCC1)/C(C)=C\C. The van der Waals surface area contributed by atoms with E-state index in [0.717, 1.165) is 22.3 Å². The average molecular weight is 249 g/mol. The molecule has 1 unspecified atom stereocenters. The summed E-state index contributed by atoms with van der Waals surface area (Å²) in [7, 11) is 2.36. The third kappa shape index (κ3) is 3.26. The maximum Gasteiger partial charge on any atom is 0.128 e. The van der Waals surface area contributed by atoms with Crippen LogP contribution in [-0.2, 0) is 0 Å². The van der Waals surface area contributed by atoms with Gasteiger partial charge in [0.25, 0.3) is 0 Å². The summed E-state index contributed by atoms with van der Waals surface area (Å²) >= 11 is 0. The summed E-state index contributed by atoms with van der Waals surface area (Å²) in [5.74, 6) is 0. The van der Waals surface area contributed by atoms with Gasteiger partial charge in [0.2, 0.25) is 0 Å². The number of quaternary nitrogens is 1. The Labute approximate surface area is 113 Å². The van der Waals surface area contributed by atoms with Crippen molar-refractivity contribution in [2.75, 3.05) is 20.1 Å². The van der Waals surface area contributed by atoms with Gasteiger partial charge in [-0.05, 0) is 19.4 Å². The number of hydrogen-bond donors (Lipinski definition) is 1. The van der Waals surface area contributed by atoms with E-state index in [9.17, 15) is 0 Å². The fourth-order valence-electron chi connectivity index (χ4n) is 2.98. The van der Waals surface area contributed by atoms with Crippen molar-refractivity contribution in [3.63, 3.8) is 0 Å². The Balaban J connectivity index is 2.71. The number of rotatable bonds is 6. The van der Waals surface area contributed by atoms with Crippen molar-refractivity contribution in [2.45, 2.75) is 46.1 Å². The van der Waals surface area contributed by atoms with Gasteiger partial charge in [0, 0.05) is 25.0 Å². The number of nitrogens with one attached hydrogen (secondary N) is 1. The minimum Gasteiger partial charge on any atom is -0.355 e. The summed E-state index contributed by atoms with van der Waals surface area (Å²) in [5, 5.41) is 3.41. The van der Waals surface area contributed by atoms with Gasteiger partial charge in [-0.3, -0.25) is 0 Å². The Kier molecular flexibility index (Phi) is 5.21. The lowest BCUT2D eigenvalue weighted by Crippen LogP contribution is -2.52. The second-order valence-corrected chi connectivity index (χ2v) is 5.66. The molecule has 2 nitrogen and oxygen atoms in total. The lowest BCUT2D eigenvalue weighted by atomic mass is 10.1. The molecule has 0 aliphatic carbocycles. The molecule has 0 aromatic rings. The van der Waals surface area contributed by atoms with Crippen LogP contribution in [0.4, 0.5) is 0 Å². The molecule has 1 fully saturated rings. The van der Waals surface area contributed by atoms with E-state index < -0.39 is 0 Å². The number of likely N-dealkylation sites (tertiary alicyclic amines) is 1. The molecule has 1 aliphatic heterocycles. The Morgan fingerprint density at radius 3 is 2.33 bits per heavy atom. The van der Waals surface area contributed by atoms with Crippen LogP contribution in [-0.4, -0.2) is 30.7 Å². The van der Waals surface area contributed by atoms with E-state index in [0.29, 0.717) is 6.04 Å². The lowest BCUT2D eigenvalue weighted by molar-refractivity contribution is -0.917. The van der Waals surface area contributed by atoms with E-state index in [2.05, 4.69) is 45.4 Å². The molecule has 102 valence electrons. The van der Waals surface area contributed by atoms with Crippen LogP contribution in [0.25, 0.3) is 0 Å². The topological polar surface area (TPSA) is 12.0 Å². The highest BCUT2D eigenvalue weighted by atomic mass is 15.4. The van der Waals surface area contributed by atoms with Crippen molar-refractivity contribution >= 4 is 0 Å². The molecule has 2 heteroatoms. The average Bonchev–Trinajstić information content (AvgIpc) is 2.76. The molecule has 0 aromatic carbocycles. The second kappa shape index (κ2) is 6.24. The van der Waals surface area contributed by atoms with Crippen molar-refractivity contribution in [3.05, 3.63) is 36.2 Å². The van der Waals surface area contributed by atoms with Gasteiger partial charge in [-0.15, -0.1) is 0 Å². The van der Waals surface area contributed by atoms with Crippen molar-refractivity contribution in [3.8, 4) is 0 Å². The van der Waals surface area contributed by atoms with Gasteiger partial charge in [0.15, 0.2) is 0 Å². The maximum atomic E-state index is 4.26. The molecule has 1 atom stereocenters. The van der Waals surface area contributed by atoms with Crippen LogP contribution in [0, 0.1) is 0 Å². The Hall–Kier alpha value is -1.02. The van der Waals surface area contributed by atoms with Gasteiger partial charge in [-0.25, -0.2) is 0 Å². The van der Waals surface area contributed by atoms with Gasteiger partial charge in [0.05, 0.1) is 25.8 Å². The summed E-state index contributed by atoms with van der Waals surface area (Å²) in [6, 6.07) is 0.494. The van der Waals surface area contributed by atoms with Crippen molar-refractivity contribution in [1.29, 1.82) is 0 Å². The van der Waals surface area contributed by atoms with Crippen LogP contribution < -0.4 is 5.32 Å². The van der Waals surface area contributed by atoms with Crippen LogP contribution in [0.3, 0.4) is 0 Å². The molecule has 0 spiro atoms. The molecule has 0 aromatic heterocycles. The zero-order valence-electron chi connectivity index (χ0n) is 12.6. The Bertz CT molecular complexity index is 346. The minimum atomic E-state index is 0.494. The first-order valence-electron chi connectivity index (χ1n) is 7.07.